The van der Waals surface area contributed by atoms with Crippen LogP contribution < -0.4 is 5.32 Å². The van der Waals surface area contributed by atoms with Gasteiger partial charge in [0.15, 0.2) is 6.61 Å². The first-order valence-corrected chi connectivity index (χ1v) is 9.50. The minimum absolute atomic E-state index is 0.0382. The normalized spacial score (nSPS) is 15.7. The van der Waals surface area contributed by atoms with Gasteiger partial charge in [-0.3, -0.25) is 14.4 Å². The molecule has 1 aromatic carbocycles. The quantitative estimate of drug-likeness (QED) is 0.657. The minimum Gasteiger partial charge on any atom is -0.467 e. The molecule has 0 bridgehead atoms. The molecular formula is C21H22N2O7. The molecule has 1 aromatic heterocycles. The summed E-state index contributed by atoms with van der Waals surface area (Å²) in [4.78, 5) is 49.5. The molecule has 1 aliphatic heterocycles. The van der Waals surface area contributed by atoms with Gasteiger partial charge in [0.05, 0.1) is 30.9 Å². The Hall–Kier alpha value is -3.62. The Balaban J connectivity index is 1.44. The van der Waals surface area contributed by atoms with Crippen LogP contribution in [0.25, 0.3) is 0 Å². The van der Waals surface area contributed by atoms with Crippen LogP contribution >= 0.6 is 0 Å². The van der Waals surface area contributed by atoms with Crippen LogP contribution in [0.15, 0.2) is 47.1 Å². The summed E-state index contributed by atoms with van der Waals surface area (Å²) in [5, 5.41) is 2.58. The van der Waals surface area contributed by atoms with E-state index in [0.717, 1.165) is 0 Å². The van der Waals surface area contributed by atoms with E-state index in [0.29, 0.717) is 17.0 Å². The van der Waals surface area contributed by atoms with E-state index in [9.17, 15) is 19.2 Å². The highest BCUT2D eigenvalue weighted by Crippen LogP contribution is 2.21. The number of carbonyl (C=O) groups is 4. The van der Waals surface area contributed by atoms with Crippen LogP contribution in [0.4, 0.5) is 5.69 Å². The third-order valence-corrected chi connectivity index (χ3v) is 4.50. The van der Waals surface area contributed by atoms with Crippen LogP contribution in [-0.2, 0) is 30.4 Å². The monoisotopic (exact) mass is 414 g/mol. The summed E-state index contributed by atoms with van der Waals surface area (Å²) in [7, 11) is 0. The maximum absolute atomic E-state index is 12.2. The number of hydrogen-bond donors (Lipinski definition) is 1. The first-order valence-electron chi connectivity index (χ1n) is 9.50. The fraction of sp³-hybridized carbons (Fsp3) is 0.333. The topological polar surface area (TPSA) is 115 Å². The molecule has 0 radical (unpaired) electrons. The molecule has 1 atom stereocenters. The van der Waals surface area contributed by atoms with Gasteiger partial charge in [0.2, 0.25) is 5.91 Å². The van der Waals surface area contributed by atoms with Crippen LogP contribution in [0.3, 0.4) is 0 Å². The summed E-state index contributed by atoms with van der Waals surface area (Å²) in [6, 6.07) is 9.63. The standard InChI is InChI=1S/C21H22N2O7/c1-2-28-20(26)14-5-7-16(8-6-14)22-18(24)13-30-21(27)15-10-19(25)23(11-15)12-17-4-3-9-29-17/h3-9,15H,2,10-13H2,1H3,(H,22,24)/t15-/m0/s1. The third kappa shape index (κ3) is 5.47. The number of furan rings is 1. The van der Waals surface area contributed by atoms with Gasteiger partial charge in [0, 0.05) is 18.7 Å². The summed E-state index contributed by atoms with van der Waals surface area (Å²) in [5.74, 6) is -1.73. The fourth-order valence-corrected chi connectivity index (χ4v) is 3.03. The van der Waals surface area contributed by atoms with Gasteiger partial charge in [-0.2, -0.15) is 0 Å². The number of likely N-dealkylation sites (tertiary alicyclic amines) is 1. The number of anilines is 1. The predicted molar refractivity (Wildman–Crippen MR) is 104 cm³/mol. The van der Waals surface area contributed by atoms with E-state index in [1.807, 2.05) is 0 Å². The van der Waals surface area contributed by atoms with Crippen molar-refractivity contribution in [3.63, 3.8) is 0 Å². The zero-order valence-electron chi connectivity index (χ0n) is 16.5. The van der Waals surface area contributed by atoms with E-state index in [-0.39, 0.29) is 32.0 Å². The van der Waals surface area contributed by atoms with Crippen molar-refractivity contribution in [2.24, 2.45) is 5.92 Å². The second kappa shape index (κ2) is 9.73. The van der Waals surface area contributed by atoms with E-state index in [1.165, 1.54) is 23.3 Å². The lowest BCUT2D eigenvalue weighted by molar-refractivity contribution is -0.151. The van der Waals surface area contributed by atoms with Crippen LogP contribution in [0.5, 0.6) is 0 Å². The molecule has 0 saturated carbocycles. The number of carbonyl (C=O) groups excluding carboxylic acids is 4. The average Bonchev–Trinajstić information content (AvgIpc) is 3.37. The Morgan fingerprint density at radius 1 is 1.17 bits per heavy atom. The SMILES string of the molecule is CCOC(=O)c1ccc(NC(=O)COC(=O)[C@H]2CC(=O)N(Cc3ccco3)C2)cc1. The third-order valence-electron chi connectivity index (χ3n) is 4.50. The van der Waals surface area contributed by atoms with Crippen molar-refractivity contribution in [3.05, 3.63) is 54.0 Å². The van der Waals surface area contributed by atoms with E-state index >= 15 is 0 Å². The number of esters is 2. The first kappa shape index (κ1) is 21.1. The Labute approximate surface area is 172 Å². The summed E-state index contributed by atoms with van der Waals surface area (Å²) >= 11 is 0. The zero-order valence-corrected chi connectivity index (χ0v) is 16.5. The lowest BCUT2D eigenvalue weighted by Gasteiger charge is -2.14. The number of nitrogens with zero attached hydrogens (tertiary/aromatic N) is 1. The van der Waals surface area contributed by atoms with Gasteiger partial charge >= 0.3 is 11.9 Å². The van der Waals surface area contributed by atoms with E-state index in [1.54, 1.807) is 31.2 Å². The number of ether oxygens (including phenoxy) is 2. The Morgan fingerprint density at radius 2 is 1.93 bits per heavy atom. The molecule has 2 heterocycles. The van der Waals surface area contributed by atoms with Crippen LogP contribution in [0.1, 0.15) is 29.5 Å². The van der Waals surface area contributed by atoms with Gasteiger partial charge in [-0.1, -0.05) is 0 Å². The van der Waals surface area contributed by atoms with E-state index in [2.05, 4.69) is 5.32 Å². The lowest BCUT2D eigenvalue weighted by atomic mass is 10.1. The van der Waals surface area contributed by atoms with Crippen molar-refractivity contribution < 1.29 is 33.1 Å². The molecular weight excluding hydrogens is 392 g/mol. The maximum atomic E-state index is 12.2. The van der Waals surface area contributed by atoms with Crippen LogP contribution in [0.2, 0.25) is 0 Å². The summed E-state index contributed by atoms with van der Waals surface area (Å²) in [6.07, 6.45) is 1.56. The van der Waals surface area contributed by atoms with E-state index < -0.39 is 30.4 Å². The molecule has 9 nitrogen and oxygen atoms in total. The Morgan fingerprint density at radius 3 is 2.60 bits per heavy atom. The molecule has 1 aliphatic rings. The highest BCUT2D eigenvalue weighted by molar-refractivity contribution is 5.95. The number of hydrogen-bond acceptors (Lipinski definition) is 7. The van der Waals surface area contributed by atoms with Gasteiger partial charge in [-0.15, -0.1) is 0 Å². The minimum atomic E-state index is -0.621. The number of nitrogens with one attached hydrogen (secondary N) is 1. The number of rotatable bonds is 8. The zero-order chi connectivity index (χ0) is 21.5. The molecule has 1 N–H and O–H groups in total. The van der Waals surface area contributed by atoms with Crippen molar-refractivity contribution in [2.45, 2.75) is 19.9 Å². The molecule has 1 saturated heterocycles. The molecule has 9 heteroatoms. The van der Waals surface area contributed by atoms with Crippen molar-refractivity contribution in [3.8, 4) is 0 Å². The highest BCUT2D eigenvalue weighted by Gasteiger charge is 2.35. The summed E-state index contributed by atoms with van der Waals surface area (Å²) < 4.78 is 15.2. The molecule has 3 rings (SSSR count). The maximum Gasteiger partial charge on any atom is 0.338 e. The van der Waals surface area contributed by atoms with Gasteiger partial charge in [-0.25, -0.2) is 4.79 Å². The number of amides is 2. The largest absolute Gasteiger partial charge is 0.467 e. The molecule has 0 aliphatic carbocycles. The summed E-state index contributed by atoms with van der Waals surface area (Å²) in [6.45, 7) is 2.02. The smallest absolute Gasteiger partial charge is 0.338 e. The van der Waals surface area contributed by atoms with E-state index in [4.69, 9.17) is 13.9 Å². The molecule has 0 spiro atoms. The van der Waals surface area contributed by atoms with Crippen molar-refractivity contribution in [2.75, 3.05) is 25.1 Å². The number of benzene rings is 1. The van der Waals surface area contributed by atoms with Gasteiger partial charge in [0.25, 0.3) is 5.91 Å². The van der Waals surface area contributed by atoms with Crippen molar-refractivity contribution in [1.29, 1.82) is 0 Å². The predicted octanol–water partition coefficient (Wildman–Crippen LogP) is 1.99. The molecule has 30 heavy (non-hydrogen) atoms. The van der Waals surface area contributed by atoms with Gasteiger partial charge in [0.1, 0.15) is 5.76 Å². The van der Waals surface area contributed by atoms with Gasteiger partial charge < -0.3 is 24.1 Å². The second-order valence-corrected chi connectivity index (χ2v) is 6.71. The summed E-state index contributed by atoms with van der Waals surface area (Å²) in [5.41, 5.74) is 0.816. The van der Waals surface area contributed by atoms with Crippen molar-refractivity contribution in [1.82, 2.24) is 4.90 Å². The Bertz CT molecular complexity index is 906. The average molecular weight is 414 g/mol. The van der Waals surface area contributed by atoms with Crippen LogP contribution in [0, 0.1) is 5.92 Å². The highest BCUT2D eigenvalue weighted by atomic mass is 16.5. The molecule has 0 unspecified atom stereocenters. The first-order chi connectivity index (χ1) is 14.5. The van der Waals surface area contributed by atoms with Gasteiger partial charge in [-0.05, 0) is 43.3 Å². The lowest BCUT2D eigenvalue weighted by Crippen LogP contribution is -2.28. The molecule has 1 fully saturated rings. The molecule has 2 aromatic rings. The second-order valence-electron chi connectivity index (χ2n) is 6.71. The molecule has 158 valence electrons. The fourth-order valence-electron chi connectivity index (χ4n) is 3.03. The van der Waals surface area contributed by atoms with Crippen LogP contribution in [-0.4, -0.2) is 48.4 Å². The molecule has 2 amide bonds. The Kier molecular flexibility index (Phi) is 6.84. The van der Waals surface area contributed by atoms with Crippen molar-refractivity contribution >= 4 is 29.4 Å².